The van der Waals surface area contributed by atoms with Crippen molar-refractivity contribution in [2.75, 3.05) is 18.4 Å². The average molecular weight is 375 g/mol. The van der Waals surface area contributed by atoms with Crippen LogP contribution in [0, 0.1) is 11.6 Å². The fraction of sp³-hybridized carbons (Fsp3) is 0.300. The number of benzene rings is 2. The van der Waals surface area contributed by atoms with Crippen LogP contribution >= 0.6 is 0 Å². The largest absolute Gasteiger partial charge is 0.346 e. The number of nitrogens with one attached hydrogen (secondary N) is 3. The van der Waals surface area contributed by atoms with Gasteiger partial charge in [0.1, 0.15) is 11.6 Å². The molecule has 7 heteroatoms. The molecule has 0 saturated carbocycles. The molecule has 144 valence electrons. The fourth-order valence-electron chi connectivity index (χ4n) is 2.59. The maximum Gasteiger partial charge on any atom is 0.243 e. The molecule has 0 aliphatic heterocycles. The number of amides is 2. The molecule has 2 aromatic carbocycles. The summed E-state index contributed by atoms with van der Waals surface area (Å²) in [6.45, 7) is 3.39. The molecule has 1 atom stereocenters. The van der Waals surface area contributed by atoms with Crippen LogP contribution in [0.15, 0.2) is 42.5 Å². The second kappa shape index (κ2) is 9.78. The summed E-state index contributed by atoms with van der Waals surface area (Å²) in [7, 11) is 0. The van der Waals surface area contributed by atoms with E-state index >= 15 is 0 Å². The van der Waals surface area contributed by atoms with Crippen molar-refractivity contribution in [3.8, 4) is 0 Å². The van der Waals surface area contributed by atoms with Gasteiger partial charge in [0.2, 0.25) is 11.8 Å². The molecule has 0 radical (unpaired) electrons. The lowest BCUT2D eigenvalue weighted by atomic mass is 10.1. The monoisotopic (exact) mass is 375 g/mol. The third-order valence-corrected chi connectivity index (χ3v) is 4.12. The molecule has 0 fully saturated rings. The molecule has 5 nitrogen and oxygen atoms in total. The summed E-state index contributed by atoms with van der Waals surface area (Å²) in [6.07, 6.45) is 0.782. The van der Waals surface area contributed by atoms with Crippen molar-refractivity contribution in [1.82, 2.24) is 10.6 Å². The summed E-state index contributed by atoms with van der Waals surface area (Å²) in [5, 5.41) is 8.11. The predicted octanol–water partition coefficient (Wildman–Crippen LogP) is 2.93. The third-order valence-electron chi connectivity index (χ3n) is 4.12. The van der Waals surface area contributed by atoms with Gasteiger partial charge in [-0.25, -0.2) is 8.78 Å². The molecule has 0 unspecified atom stereocenters. The van der Waals surface area contributed by atoms with Crippen LogP contribution in [0.2, 0.25) is 0 Å². The van der Waals surface area contributed by atoms with Gasteiger partial charge in [0.05, 0.1) is 13.1 Å². The molecule has 0 bridgehead atoms. The first-order chi connectivity index (χ1) is 12.9. The van der Waals surface area contributed by atoms with Gasteiger partial charge < -0.3 is 16.0 Å². The lowest BCUT2D eigenvalue weighted by molar-refractivity contribution is -0.123. The number of aryl methyl sites for hydroxylation is 1. The van der Waals surface area contributed by atoms with Crippen LogP contribution in [0.5, 0.6) is 0 Å². The zero-order valence-electron chi connectivity index (χ0n) is 15.3. The Morgan fingerprint density at radius 3 is 2.48 bits per heavy atom. The number of carbonyl (C=O) groups is 2. The fourth-order valence-corrected chi connectivity index (χ4v) is 2.59. The topological polar surface area (TPSA) is 70.2 Å². The number of halogens is 2. The quantitative estimate of drug-likeness (QED) is 0.664. The summed E-state index contributed by atoms with van der Waals surface area (Å²) >= 11 is 0. The molecule has 2 rings (SSSR count). The van der Waals surface area contributed by atoms with Gasteiger partial charge in [0.15, 0.2) is 0 Å². The summed E-state index contributed by atoms with van der Waals surface area (Å²) in [5.41, 5.74) is 1.99. The van der Waals surface area contributed by atoms with Crippen molar-refractivity contribution in [3.63, 3.8) is 0 Å². The Bertz CT molecular complexity index is 812. The van der Waals surface area contributed by atoms with E-state index in [2.05, 4.69) is 16.0 Å². The first-order valence-electron chi connectivity index (χ1n) is 8.73. The van der Waals surface area contributed by atoms with Crippen LogP contribution in [-0.2, 0) is 16.0 Å². The maximum absolute atomic E-state index is 13.7. The number of para-hydroxylation sites is 1. The highest BCUT2D eigenvalue weighted by atomic mass is 19.1. The second-order valence-electron chi connectivity index (χ2n) is 6.10. The van der Waals surface area contributed by atoms with E-state index in [1.807, 2.05) is 25.1 Å². The minimum atomic E-state index is -0.677. The number of carbonyl (C=O) groups excluding carboxylic acids is 2. The van der Waals surface area contributed by atoms with Crippen molar-refractivity contribution in [2.24, 2.45) is 0 Å². The predicted molar refractivity (Wildman–Crippen MR) is 100 cm³/mol. The van der Waals surface area contributed by atoms with Crippen LogP contribution in [0.4, 0.5) is 14.5 Å². The second-order valence-corrected chi connectivity index (χ2v) is 6.10. The van der Waals surface area contributed by atoms with E-state index < -0.39 is 23.6 Å². The first kappa shape index (κ1) is 20.5. The lowest BCUT2D eigenvalue weighted by Crippen LogP contribution is -2.39. The van der Waals surface area contributed by atoms with Gasteiger partial charge in [-0.1, -0.05) is 31.2 Å². The van der Waals surface area contributed by atoms with Crippen LogP contribution in [0.1, 0.15) is 31.0 Å². The van der Waals surface area contributed by atoms with E-state index in [9.17, 15) is 18.4 Å². The van der Waals surface area contributed by atoms with Crippen LogP contribution in [0.3, 0.4) is 0 Å². The Labute approximate surface area is 157 Å². The van der Waals surface area contributed by atoms with Crippen molar-refractivity contribution < 1.29 is 18.4 Å². The average Bonchev–Trinajstić information content (AvgIpc) is 2.65. The number of anilines is 1. The first-order valence-corrected chi connectivity index (χ1v) is 8.73. The van der Waals surface area contributed by atoms with Crippen LogP contribution < -0.4 is 16.0 Å². The Kier molecular flexibility index (Phi) is 7.43. The highest BCUT2D eigenvalue weighted by Gasteiger charge is 2.13. The maximum atomic E-state index is 13.7. The minimum Gasteiger partial charge on any atom is -0.346 e. The Hall–Kier alpha value is -2.80. The highest BCUT2D eigenvalue weighted by Crippen LogP contribution is 2.17. The molecular weight excluding hydrogens is 352 g/mol. The van der Waals surface area contributed by atoms with E-state index in [0.29, 0.717) is 0 Å². The van der Waals surface area contributed by atoms with Crippen LogP contribution in [-0.4, -0.2) is 24.9 Å². The minimum absolute atomic E-state index is 0.100. The summed E-state index contributed by atoms with van der Waals surface area (Å²) in [6, 6.07) is 10.3. The van der Waals surface area contributed by atoms with E-state index in [0.717, 1.165) is 29.8 Å². The highest BCUT2D eigenvalue weighted by molar-refractivity contribution is 5.95. The van der Waals surface area contributed by atoms with Gasteiger partial charge in [-0.2, -0.15) is 0 Å². The molecule has 2 aromatic rings. The standard InChI is InChI=1S/C20H23F2N3O2/c1-3-14-6-4-5-7-18(14)25-20(27)12-24-19(26)11-23-13(2)16-9-8-15(21)10-17(16)22/h4-10,13,23H,3,11-12H2,1-2H3,(H,24,26)(H,25,27)/t13-/m1/s1. The van der Waals surface area contributed by atoms with Gasteiger partial charge in [0, 0.05) is 23.4 Å². The van der Waals surface area contributed by atoms with E-state index in [1.54, 1.807) is 13.0 Å². The zero-order chi connectivity index (χ0) is 19.8. The molecule has 0 spiro atoms. The van der Waals surface area contributed by atoms with Gasteiger partial charge >= 0.3 is 0 Å². The normalized spacial score (nSPS) is 11.7. The molecule has 0 aromatic heterocycles. The molecule has 2 amide bonds. The molecule has 27 heavy (non-hydrogen) atoms. The van der Waals surface area contributed by atoms with E-state index in [-0.39, 0.29) is 24.6 Å². The summed E-state index contributed by atoms with van der Waals surface area (Å²) in [4.78, 5) is 23.9. The number of hydrogen-bond donors (Lipinski definition) is 3. The zero-order valence-corrected chi connectivity index (χ0v) is 15.3. The van der Waals surface area contributed by atoms with Gasteiger partial charge in [-0.3, -0.25) is 9.59 Å². The molecule has 0 aliphatic carbocycles. The Balaban J connectivity index is 1.78. The molecular formula is C20H23F2N3O2. The van der Waals surface area contributed by atoms with Crippen molar-refractivity contribution in [1.29, 1.82) is 0 Å². The summed E-state index contributed by atoms with van der Waals surface area (Å²) in [5.74, 6) is -2.06. The molecule has 0 aliphatic rings. The smallest absolute Gasteiger partial charge is 0.243 e. The third kappa shape index (κ3) is 6.14. The van der Waals surface area contributed by atoms with E-state index in [1.165, 1.54) is 6.07 Å². The molecule has 0 saturated heterocycles. The summed E-state index contributed by atoms with van der Waals surface area (Å²) < 4.78 is 26.7. The van der Waals surface area contributed by atoms with Crippen molar-refractivity contribution >= 4 is 17.5 Å². The van der Waals surface area contributed by atoms with Gasteiger partial charge in [-0.15, -0.1) is 0 Å². The number of hydrogen-bond acceptors (Lipinski definition) is 3. The van der Waals surface area contributed by atoms with E-state index in [4.69, 9.17) is 0 Å². The van der Waals surface area contributed by atoms with Crippen LogP contribution in [0.25, 0.3) is 0 Å². The van der Waals surface area contributed by atoms with Gasteiger partial charge in [-0.05, 0) is 31.0 Å². The van der Waals surface area contributed by atoms with Crippen molar-refractivity contribution in [2.45, 2.75) is 26.3 Å². The lowest BCUT2D eigenvalue weighted by Gasteiger charge is -2.15. The SMILES string of the molecule is CCc1ccccc1NC(=O)CNC(=O)CN[C@H](C)c1ccc(F)cc1F. The Morgan fingerprint density at radius 1 is 1.04 bits per heavy atom. The Morgan fingerprint density at radius 2 is 1.78 bits per heavy atom. The van der Waals surface area contributed by atoms with Gasteiger partial charge in [0.25, 0.3) is 0 Å². The number of rotatable bonds is 8. The van der Waals surface area contributed by atoms with Crippen molar-refractivity contribution in [3.05, 3.63) is 65.2 Å². The molecule has 3 N–H and O–H groups in total. The molecule has 0 heterocycles.